The highest BCUT2D eigenvalue weighted by Crippen LogP contribution is 2.21. The Morgan fingerprint density at radius 2 is 1.45 bits per heavy atom. The highest BCUT2D eigenvalue weighted by molar-refractivity contribution is 5.31. The molecule has 4 rings (SSSR count). The van der Waals surface area contributed by atoms with Crippen LogP contribution in [0.15, 0.2) is 53.3 Å². The smallest absolute Gasteiger partial charge is 0.273 e. The Morgan fingerprint density at radius 3 is 1.93 bits per heavy atom. The number of H-pyrrole nitrogens is 1. The molecule has 8 heteroatoms. The summed E-state index contributed by atoms with van der Waals surface area (Å²) in [7, 11) is 0. The molecule has 150 valence electrons. The van der Waals surface area contributed by atoms with E-state index >= 15 is 0 Å². The summed E-state index contributed by atoms with van der Waals surface area (Å²) in [6.07, 6.45) is 0. The third-order valence-corrected chi connectivity index (χ3v) is 5.37. The lowest BCUT2D eigenvalue weighted by Crippen LogP contribution is -3.15. The van der Waals surface area contributed by atoms with Crippen molar-refractivity contribution in [3.05, 3.63) is 87.3 Å². The van der Waals surface area contributed by atoms with Crippen LogP contribution in [0.25, 0.3) is 0 Å². The summed E-state index contributed by atoms with van der Waals surface area (Å²) >= 11 is 0. The van der Waals surface area contributed by atoms with Gasteiger partial charge in [-0.15, -0.1) is 10.2 Å². The van der Waals surface area contributed by atoms with Gasteiger partial charge in [0.05, 0.1) is 26.2 Å². The van der Waals surface area contributed by atoms with E-state index < -0.39 is 0 Å². The molecule has 0 unspecified atom stereocenters. The van der Waals surface area contributed by atoms with Crippen molar-refractivity contribution in [2.45, 2.75) is 13.0 Å². The molecule has 1 aliphatic heterocycles. The molecule has 0 radical (unpaired) electrons. The van der Waals surface area contributed by atoms with E-state index in [1.54, 1.807) is 31.2 Å². The van der Waals surface area contributed by atoms with Gasteiger partial charge in [0.2, 0.25) is 5.95 Å². The first kappa shape index (κ1) is 19.2. The van der Waals surface area contributed by atoms with Crippen molar-refractivity contribution < 1.29 is 13.7 Å². The Labute approximate surface area is 166 Å². The Hall–Kier alpha value is -3.13. The van der Waals surface area contributed by atoms with Gasteiger partial charge >= 0.3 is 0 Å². The zero-order chi connectivity index (χ0) is 20.4. The standard InChI is InChI=1S/C21H21F2N5O/c1-14-20(29)24-21(26-25-14)28-12-10-27(11-13-28)19(15-2-6-17(22)7-3-15)16-4-8-18(23)9-5-16/h2-9,19H,10-13H2,1H3,(H,24,26,29)/p+1. The average molecular weight is 398 g/mol. The highest BCUT2D eigenvalue weighted by Gasteiger charge is 2.31. The number of nitrogens with zero attached hydrogens (tertiary/aromatic N) is 3. The number of hydrogen-bond donors (Lipinski definition) is 2. The van der Waals surface area contributed by atoms with Crippen LogP contribution in [0.3, 0.4) is 0 Å². The Morgan fingerprint density at radius 1 is 0.931 bits per heavy atom. The number of nitrogens with one attached hydrogen (secondary N) is 2. The number of aryl methyl sites for hydroxylation is 1. The SMILES string of the molecule is Cc1nnc(N2CC[NH+](C(c3ccc(F)cc3)c3ccc(F)cc3)CC2)[nH]c1=O. The van der Waals surface area contributed by atoms with E-state index in [9.17, 15) is 13.6 Å². The summed E-state index contributed by atoms with van der Waals surface area (Å²) in [6.45, 7) is 4.53. The topological polar surface area (TPSA) is 66.3 Å². The largest absolute Gasteiger partial charge is 0.330 e. The average Bonchev–Trinajstić information content (AvgIpc) is 2.73. The van der Waals surface area contributed by atoms with E-state index in [-0.39, 0.29) is 23.2 Å². The number of quaternary nitrogens is 1. The second-order valence-electron chi connectivity index (χ2n) is 7.24. The molecule has 1 aliphatic rings. The summed E-state index contributed by atoms with van der Waals surface area (Å²) < 4.78 is 26.9. The van der Waals surface area contributed by atoms with Gasteiger partial charge in [-0.05, 0) is 55.5 Å². The van der Waals surface area contributed by atoms with Crippen LogP contribution in [0.4, 0.5) is 14.7 Å². The first-order valence-corrected chi connectivity index (χ1v) is 9.55. The van der Waals surface area contributed by atoms with Crippen molar-refractivity contribution in [1.29, 1.82) is 0 Å². The van der Waals surface area contributed by atoms with Crippen LogP contribution in [0.1, 0.15) is 22.9 Å². The predicted octanol–water partition coefficient (Wildman–Crippen LogP) is 1.25. The fourth-order valence-corrected chi connectivity index (χ4v) is 3.80. The second-order valence-corrected chi connectivity index (χ2v) is 7.24. The Kier molecular flexibility index (Phi) is 5.35. The van der Waals surface area contributed by atoms with Crippen molar-refractivity contribution in [3.63, 3.8) is 0 Å². The number of aromatic amines is 1. The van der Waals surface area contributed by atoms with Gasteiger partial charge in [-0.3, -0.25) is 9.78 Å². The summed E-state index contributed by atoms with van der Waals surface area (Å²) in [6, 6.07) is 12.9. The molecule has 0 saturated carbocycles. The molecule has 2 aromatic carbocycles. The van der Waals surface area contributed by atoms with Crippen molar-refractivity contribution in [2.24, 2.45) is 0 Å². The summed E-state index contributed by atoms with van der Waals surface area (Å²) in [4.78, 5) is 17.9. The molecule has 0 aliphatic carbocycles. The monoisotopic (exact) mass is 398 g/mol. The van der Waals surface area contributed by atoms with Crippen LogP contribution in [0, 0.1) is 18.6 Å². The maximum Gasteiger partial charge on any atom is 0.273 e. The van der Waals surface area contributed by atoms with Gasteiger partial charge in [0.25, 0.3) is 5.56 Å². The molecule has 2 heterocycles. The zero-order valence-corrected chi connectivity index (χ0v) is 16.0. The molecule has 0 atom stereocenters. The second kappa shape index (κ2) is 8.08. The maximum absolute atomic E-state index is 13.4. The van der Waals surface area contributed by atoms with E-state index in [1.165, 1.54) is 29.2 Å². The van der Waals surface area contributed by atoms with E-state index in [0.717, 1.165) is 24.2 Å². The first-order valence-electron chi connectivity index (χ1n) is 9.55. The van der Waals surface area contributed by atoms with Crippen LogP contribution in [-0.2, 0) is 0 Å². The van der Waals surface area contributed by atoms with Gasteiger partial charge < -0.3 is 9.80 Å². The van der Waals surface area contributed by atoms with Gasteiger partial charge in [-0.25, -0.2) is 8.78 Å². The van der Waals surface area contributed by atoms with Gasteiger partial charge in [0.1, 0.15) is 23.4 Å². The minimum absolute atomic E-state index is 0.0403. The number of halogens is 2. The van der Waals surface area contributed by atoms with Crippen molar-refractivity contribution in [2.75, 3.05) is 31.1 Å². The van der Waals surface area contributed by atoms with Gasteiger partial charge in [-0.1, -0.05) is 0 Å². The highest BCUT2D eigenvalue weighted by atomic mass is 19.1. The van der Waals surface area contributed by atoms with Gasteiger partial charge in [-0.2, -0.15) is 0 Å². The number of benzene rings is 2. The number of rotatable bonds is 4. The summed E-state index contributed by atoms with van der Waals surface area (Å²) in [5, 5.41) is 8.00. The van der Waals surface area contributed by atoms with E-state index in [4.69, 9.17) is 0 Å². The fourth-order valence-electron chi connectivity index (χ4n) is 3.80. The van der Waals surface area contributed by atoms with Crippen LogP contribution >= 0.6 is 0 Å². The number of hydrogen-bond acceptors (Lipinski definition) is 4. The number of anilines is 1. The third kappa shape index (κ3) is 4.17. The molecule has 6 nitrogen and oxygen atoms in total. The maximum atomic E-state index is 13.4. The molecule has 29 heavy (non-hydrogen) atoms. The molecular weight excluding hydrogens is 376 g/mol. The molecule has 1 fully saturated rings. The van der Waals surface area contributed by atoms with Crippen molar-refractivity contribution >= 4 is 5.95 Å². The lowest BCUT2D eigenvalue weighted by Gasteiger charge is -2.37. The minimum atomic E-state index is -0.284. The lowest BCUT2D eigenvalue weighted by molar-refractivity contribution is -0.926. The molecule has 0 spiro atoms. The molecule has 0 bridgehead atoms. The lowest BCUT2D eigenvalue weighted by atomic mass is 9.96. The fraction of sp³-hybridized carbons (Fsp3) is 0.286. The predicted molar refractivity (Wildman–Crippen MR) is 105 cm³/mol. The number of aromatic nitrogens is 3. The van der Waals surface area contributed by atoms with Crippen LogP contribution in [-0.4, -0.2) is 41.4 Å². The minimum Gasteiger partial charge on any atom is -0.330 e. The molecular formula is C21H22F2N5O+. The van der Waals surface area contributed by atoms with Crippen molar-refractivity contribution in [1.82, 2.24) is 15.2 Å². The van der Waals surface area contributed by atoms with Crippen LogP contribution < -0.4 is 15.4 Å². The normalized spacial score (nSPS) is 15.1. The molecule has 1 aromatic heterocycles. The van der Waals surface area contributed by atoms with Crippen molar-refractivity contribution in [3.8, 4) is 0 Å². The van der Waals surface area contributed by atoms with E-state index in [0.29, 0.717) is 24.7 Å². The quantitative estimate of drug-likeness (QED) is 0.694. The van der Waals surface area contributed by atoms with E-state index in [1.807, 2.05) is 4.90 Å². The Bertz CT molecular complexity index is 983. The van der Waals surface area contributed by atoms with E-state index in [2.05, 4.69) is 15.2 Å². The molecule has 2 N–H and O–H groups in total. The van der Waals surface area contributed by atoms with Crippen LogP contribution in [0.5, 0.6) is 0 Å². The zero-order valence-electron chi connectivity index (χ0n) is 16.0. The Balaban J connectivity index is 1.57. The molecule has 0 amide bonds. The third-order valence-electron chi connectivity index (χ3n) is 5.37. The summed E-state index contributed by atoms with van der Waals surface area (Å²) in [5.41, 5.74) is 2.06. The van der Waals surface area contributed by atoms with Gasteiger partial charge in [0, 0.05) is 11.1 Å². The van der Waals surface area contributed by atoms with Crippen LogP contribution in [0.2, 0.25) is 0 Å². The molecule has 3 aromatic rings. The first-order chi connectivity index (χ1) is 14.0. The molecule has 1 saturated heterocycles. The summed E-state index contributed by atoms with van der Waals surface area (Å²) in [5.74, 6) is -0.0959. The van der Waals surface area contributed by atoms with Gasteiger partial charge in [0.15, 0.2) is 0 Å². The number of piperazine rings is 1.